The van der Waals surface area contributed by atoms with Crippen LogP contribution >= 0.6 is 0 Å². The Morgan fingerprint density at radius 1 is 0.968 bits per heavy atom. The summed E-state index contributed by atoms with van der Waals surface area (Å²) in [5.41, 5.74) is 0. The lowest BCUT2D eigenvalue weighted by Gasteiger charge is -2.41. The van der Waals surface area contributed by atoms with E-state index in [1.165, 1.54) is 24.3 Å². The van der Waals surface area contributed by atoms with Crippen LogP contribution < -0.4 is 15.4 Å². The van der Waals surface area contributed by atoms with E-state index >= 15 is 0 Å². The summed E-state index contributed by atoms with van der Waals surface area (Å²) in [6, 6.07) is 5.88. The predicted octanol–water partition coefficient (Wildman–Crippen LogP) is 1.09. The summed E-state index contributed by atoms with van der Waals surface area (Å²) in [6.45, 7) is 11.6. The molecule has 9 nitrogen and oxygen atoms in total. The average molecular weight is 449 g/mol. The Hall–Kier alpha value is -1.46. The lowest BCUT2D eigenvalue weighted by molar-refractivity contribution is -0.296. The number of phenols is 1. The summed E-state index contributed by atoms with van der Waals surface area (Å²) in [7, 11) is 3.69. The topological polar surface area (TPSA) is 133 Å². The highest BCUT2D eigenvalue weighted by Crippen LogP contribution is 2.27. The molecule has 184 valence electrons. The second-order valence-corrected chi connectivity index (χ2v) is 5.96. The fraction of sp³-hybridized carbons (Fsp3) is 0.727. The molecule has 0 bridgehead atoms. The largest absolute Gasteiger partial charge is 0.508 e. The molecule has 2 rings (SSSR count). The first-order valence-electron chi connectivity index (χ1n) is 11.0. The lowest BCUT2D eigenvalue weighted by atomic mass is 9.99. The number of nitrogens with one attached hydrogen (secondary N) is 2. The number of aromatic hydroxyl groups is 1. The van der Waals surface area contributed by atoms with E-state index in [4.69, 9.17) is 14.2 Å². The predicted molar refractivity (Wildman–Crippen MR) is 122 cm³/mol. The molecule has 0 aliphatic carbocycles. The Morgan fingerprint density at radius 2 is 1.52 bits per heavy atom. The van der Waals surface area contributed by atoms with Crippen LogP contribution in [0.5, 0.6) is 11.5 Å². The van der Waals surface area contributed by atoms with Gasteiger partial charge in [-0.15, -0.1) is 0 Å². The third-order valence-electron chi connectivity index (χ3n) is 3.92. The smallest absolute Gasteiger partial charge is 0.186 e. The highest BCUT2D eigenvalue weighted by molar-refractivity contribution is 5.30. The molecule has 1 saturated heterocycles. The average Bonchev–Trinajstić information content (AvgIpc) is 2.82. The van der Waals surface area contributed by atoms with Gasteiger partial charge in [0.1, 0.15) is 29.8 Å². The van der Waals surface area contributed by atoms with Gasteiger partial charge in [0, 0.05) is 6.54 Å². The third kappa shape index (κ3) is 12.2. The summed E-state index contributed by atoms with van der Waals surface area (Å²) in [6.07, 6.45) is -5.48. The van der Waals surface area contributed by atoms with Crippen molar-refractivity contribution in [3.8, 4) is 11.5 Å². The van der Waals surface area contributed by atoms with Crippen LogP contribution in [-0.2, 0) is 9.47 Å². The number of likely N-dealkylation sites (N-methyl/N-ethyl adjacent to an activating group) is 1. The maximum atomic E-state index is 10.3. The van der Waals surface area contributed by atoms with Gasteiger partial charge in [-0.25, -0.2) is 0 Å². The molecule has 0 aromatic heterocycles. The normalized spacial score (nSPS) is 24.4. The molecule has 5 unspecified atom stereocenters. The first kappa shape index (κ1) is 31.7. The summed E-state index contributed by atoms with van der Waals surface area (Å²) < 4.78 is 16.4. The first-order valence-corrected chi connectivity index (χ1v) is 11.0. The van der Waals surface area contributed by atoms with E-state index in [0.29, 0.717) is 12.3 Å². The second-order valence-electron chi connectivity index (χ2n) is 5.96. The van der Waals surface area contributed by atoms with E-state index in [1.807, 2.05) is 34.7 Å². The van der Waals surface area contributed by atoms with Gasteiger partial charge < -0.3 is 45.3 Å². The minimum Gasteiger partial charge on any atom is -0.508 e. The van der Waals surface area contributed by atoms with Crippen LogP contribution in [0.25, 0.3) is 0 Å². The second kappa shape index (κ2) is 20.4. The van der Waals surface area contributed by atoms with E-state index in [1.54, 1.807) is 7.05 Å². The zero-order chi connectivity index (χ0) is 24.2. The van der Waals surface area contributed by atoms with Crippen LogP contribution in [0.15, 0.2) is 24.3 Å². The zero-order valence-corrected chi connectivity index (χ0v) is 20.0. The van der Waals surface area contributed by atoms with E-state index in [9.17, 15) is 20.4 Å². The molecular formula is C22H44N2O7. The Balaban J connectivity index is 0. The molecule has 0 saturated carbocycles. The number of rotatable bonds is 8. The van der Waals surface area contributed by atoms with Gasteiger partial charge in [0.05, 0.1) is 13.2 Å². The van der Waals surface area contributed by atoms with Crippen molar-refractivity contribution in [3.05, 3.63) is 24.3 Å². The van der Waals surface area contributed by atoms with Gasteiger partial charge in [-0.05, 0) is 44.9 Å². The molecule has 1 aromatic rings. The maximum absolute atomic E-state index is 10.3. The Kier molecular flexibility index (Phi) is 20.9. The van der Waals surface area contributed by atoms with Crippen molar-refractivity contribution in [1.29, 1.82) is 0 Å². The van der Waals surface area contributed by atoms with Gasteiger partial charge in [-0.1, -0.05) is 34.6 Å². The van der Waals surface area contributed by atoms with Gasteiger partial charge in [0.25, 0.3) is 0 Å². The Labute approximate surface area is 187 Å². The number of aliphatic hydroxyl groups excluding tert-OH is 3. The molecule has 31 heavy (non-hydrogen) atoms. The SMILES string of the molecule is CC.CC.CCNC.CNCCOC1OC(CO)C(Oc2ccc(O)cc2)C(O)C1O. The van der Waals surface area contributed by atoms with Gasteiger partial charge in [-0.2, -0.15) is 0 Å². The van der Waals surface area contributed by atoms with Gasteiger partial charge in [0.2, 0.25) is 0 Å². The monoisotopic (exact) mass is 448 g/mol. The van der Waals surface area contributed by atoms with Gasteiger partial charge >= 0.3 is 0 Å². The van der Waals surface area contributed by atoms with Crippen molar-refractivity contribution in [2.45, 2.75) is 65.3 Å². The van der Waals surface area contributed by atoms with Crippen LogP contribution in [0.2, 0.25) is 0 Å². The number of hydrogen-bond donors (Lipinski definition) is 6. The van der Waals surface area contributed by atoms with Crippen LogP contribution in [0, 0.1) is 0 Å². The van der Waals surface area contributed by atoms with Crippen molar-refractivity contribution < 1.29 is 34.6 Å². The molecule has 1 aliphatic rings. The summed E-state index contributed by atoms with van der Waals surface area (Å²) in [5.74, 6) is 0.449. The van der Waals surface area contributed by atoms with E-state index in [2.05, 4.69) is 17.6 Å². The zero-order valence-electron chi connectivity index (χ0n) is 20.0. The number of hydrogen-bond acceptors (Lipinski definition) is 9. The van der Waals surface area contributed by atoms with Crippen LogP contribution in [0.1, 0.15) is 34.6 Å². The molecule has 0 amide bonds. The summed E-state index contributed by atoms with van der Waals surface area (Å²) >= 11 is 0. The van der Waals surface area contributed by atoms with Crippen LogP contribution in [0.3, 0.4) is 0 Å². The van der Waals surface area contributed by atoms with Crippen molar-refractivity contribution in [2.24, 2.45) is 0 Å². The summed E-state index contributed by atoms with van der Waals surface area (Å²) in [5, 5.41) is 44.9. The molecule has 1 aliphatic heterocycles. The van der Waals surface area contributed by atoms with Crippen molar-refractivity contribution >= 4 is 0 Å². The number of aliphatic hydroxyl groups is 3. The minimum absolute atomic E-state index is 0.0783. The maximum Gasteiger partial charge on any atom is 0.186 e. The molecule has 0 radical (unpaired) electrons. The molecular weight excluding hydrogens is 404 g/mol. The Bertz CT molecular complexity index is 501. The Morgan fingerprint density at radius 3 is 1.97 bits per heavy atom. The van der Waals surface area contributed by atoms with E-state index in [-0.39, 0.29) is 12.4 Å². The van der Waals surface area contributed by atoms with Gasteiger partial charge in [-0.3, -0.25) is 0 Å². The van der Waals surface area contributed by atoms with E-state index in [0.717, 1.165) is 6.54 Å². The summed E-state index contributed by atoms with van der Waals surface area (Å²) in [4.78, 5) is 0. The van der Waals surface area contributed by atoms with Crippen molar-refractivity contribution in [3.63, 3.8) is 0 Å². The van der Waals surface area contributed by atoms with E-state index < -0.39 is 37.3 Å². The molecule has 1 aromatic carbocycles. The first-order chi connectivity index (χ1) is 15.0. The fourth-order valence-corrected chi connectivity index (χ4v) is 2.29. The third-order valence-corrected chi connectivity index (χ3v) is 3.92. The molecule has 5 atom stereocenters. The molecule has 9 heteroatoms. The molecule has 1 fully saturated rings. The molecule has 0 spiro atoms. The fourth-order valence-electron chi connectivity index (χ4n) is 2.29. The standard InChI is InChI=1S/C15H23NO7.C3H9N.2C2H6/c1-16-6-7-21-15-13(20)12(19)14(11(8-17)23-15)22-10-4-2-9(18)3-5-10;1-3-4-2;2*1-2/h2-5,11-20H,6-8H2,1H3;4H,3H2,1-2H3;2*1-2H3. The van der Waals surface area contributed by atoms with Crippen molar-refractivity contribution in [1.82, 2.24) is 10.6 Å². The minimum atomic E-state index is -1.31. The van der Waals surface area contributed by atoms with Crippen LogP contribution in [0.4, 0.5) is 0 Å². The lowest BCUT2D eigenvalue weighted by Crippen LogP contribution is -2.61. The number of phenolic OH excluding ortho intramolecular Hbond substituents is 1. The van der Waals surface area contributed by atoms with Crippen LogP contribution in [-0.4, -0.2) is 91.5 Å². The quantitative estimate of drug-likeness (QED) is 0.323. The number of ether oxygens (including phenoxy) is 3. The highest BCUT2D eigenvalue weighted by atomic mass is 16.7. The molecule has 1 heterocycles. The highest BCUT2D eigenvalue weighted by Gasteiger charge is 2.46. The van der Waals surface area contributed by atoms with Crippen molar-refractivity contribution in [2.75, 3.05) is 40.4 Å². The number of benzene rings is 1. The van der Waals surface area contributed by atoms with Gasteiger partial charge in [0.15, 0.2) is 12.4 Å². The molecule has 6 N–H and O–H groups in total.